The summed E-state index contributed by atoms with van der Waals surface area (Å²) in [5.74, 6) is 2.16. The Morgan fingerprint density at radius 3 is 2.73 bits per heavy atom. The predicted octanol–water partition coefficient (Wildman–Crippen LogP) is 4.52. The number of amides is 1. The van der Waals surface area contributed by atoms with E-state index in [1.54, 1.807) is 38.5 Å². The second-order valence-electron chi connectivity index (χ2n) is 8.58. The van der Waals surface area contributed by atoms with Crippen LogP contribution in [0.1, 0.15) is 41.4 Å². The number of benzene rings is 2. The second-order valence-corrected chi connectivity index (χ2v) is 8.58. The third kappa shape index (κ3) is 5.54. The number of likely N-dealkylation sites (tertiary alicyclic amines) is 1. The van der Waals surface area contributed by atoms with Gasteiger partial charge in [0, 0.05) is 25.7 Å². The quantitative estimate of drug-likeness (QED) is 0.545. The van der Waals surface area contributed by atoms with Crippen LogP contribution in [0.3, 0.4) is 0 Å². The molecule has 1 aromatic heterocycles. The molecular weight excluding hydrogens is 418 g/mol. The summed E-state index contributed by atoms with van der Waals surface area (Å²) in [5, 5.41) is 6.95. The van der Waals surface area contributed by atoms with Gasteiger partial charge in [-0.15, -0.1) is 0 Å². The van der Waals surface area contributed by atoms with Gasteiger partial charge in [0.1, 0.15) is 11.5 Å². The zero-order valence-corrected chi connectivity index (χ0v) is 19.5. The van der Waals surface area contributed by atoms with Crippen molar-refractivity contribution in [2.45, 2.75) is 32.9 Å². The van der Waals surface area contributed by atoms with Crippen LogP contribution in [0.4, 0.5) is 0 Å². The standard InChI is InChI=1S/C26H31N3O4/c1-18-7-6-12-29(16-18)17-20-9-5-4-8-19(20)15-27-26(30)23-14-25(33-28-23)22-13-21(31-2)10-11-24(22)32-3/h4-5,8-11,13-14,18H,6-7,12,15-17H2,1-3H3,(H,27,30). The maximum Gasteiger partial charge on any atom is 0.273 e. The van der Waals surface area contributed by atoms with Crippen molar-refractivity contribution >= 4 is 5.91 Å². The first-order valence-corrected chi connectivity index (χ1v) is 11.3. The molecule has 1 aliphatic heterocycles. The molecule has 0 aliphatic carbocycles. The van der Waals surface area contributed by atoms with Crippen molar-refractivity contribution < 1.29 is 18.8 Å². The number of nitrogens with one attached hydrogen (secondary N) is 1. The topological polar surface area (TPSA) is 76.8 Å². The molecule has 174 valence electrons. The zero-order chi connectivity index (χ0) is 23.2. The Labute approximate surface area is 194 Å². The molecule has 1 amide bonds. The molecule has 1 saturated heterocycles. The minimum Gasteiger partial charge on any atom is -0.497 e. The molecule has 1 N–H and O–H groups in total. The van der Waals surface area contributed by atoms with Gasteiger partial charge < -0.3 is 19.3 Å². The van der Waals surface area contributed by atoms with Crippen LogP contribution in [0.15, 0.2) is 53.1 Å². The van der Waals surface area contributed by atoms with Crippen LogP contribution < -0.4 is 14.8 Å². The Morgan fingerprint density at radius 1 is 1.15 bits per heavy atom. The lowest BCUT2D eigenvalue weighted by atomic mass is 9.99. The Hall–Kier alpha value is -3.32. The maximum absolute atomic E-state index is 12.8. The highest BCUT2D eigenvalue weighted by Gasteiger charge is 2.19. The predicted molar refractivity (Wildman–Crippen MR) is 126 cm³/mol. The van der Waals surface area contributed by atoms with Gasteiger partial charge >= 0.3 is 0 Å². The molecule has 2 heterocycles. The number of rotatable bonds is 8. The average molecular weight is 450 g/mol. The van der Waals surface area contributed by atoms with E-state index >= 15 is 0 Å². The lowest BCUT2D eigenvalue weighted by molar-refractivity contribution is 0.0941. The van der Waals surface area contributed by atoms with Gasteiger partial charge in [0.15, 0.2) is 11.5 Å². The van der Waals surface area contributed by atoms with E-state index in [0.29, 0.717) is 29.4 Å². The minimum atomic E-state index is -0.284. The first-order chi connectivity index (χ1) is 16.1. The van der Waals surface area contributed by atoms with E-state index in [4.69, 9.17) is 14.0 Å². The molecule has 4 rings (SSSR count). The van der Waals surface area contributed by atoms with Crippen molar-refractivity contribution in [1.82, 2.24) is 15.4 Å². The van der Waals surface area contributed by atoms with Gasteiger partial charge in [0.2, 0.25) is 0 Å². The summed E-state index contributed by atoms with van der Waals surface area (Å²) in [5.41, 5.74) is 3.25. The third-order valence-electron chi connectivity index (χ3n) is 6.11. The van der Waals surface area contributed by atoms with E-state index in [1.807, 2.05) is 6.07 Å². The van der Waals surface area contributed by atoms with E-state index in [0.717, 1.165) is 31.1 Å². The van der Waals surface area contributed by atoms with Gasteiger partial charge in [-0.1, -0.05) is 36.3 Å². The summed E-state index contributed by atoms with van der Waals surface area (Å²) in [6.07, 6.45) is 2.54. The normalized spacial score (nSPS) is 16.4. The Kier molecular flexibility index (Phi) is 7.29. The first kappa shape index (κ1) is 22.9. The summed E-state index contributed by atoms with van der Waals surface area (Å²) in [6, 6.07) is 15.3. The summed E-state index contributed by atoms with van der Waals surface area (Å²) in [6.45, 7) is 5.89. The fourth-order valence-corrected chi connectivity index (χ4v) is 4.34. The van der Waals surface area contributed by atoms with Gasteiger partial charge in [-0.05, 0) is 54.6 Å². The lowest BCUT2D eigenvalue weighted by Crippen LogP contribution is -2.34. The molecule has 1 unspecified atom stereocenters. The van der Waals surface area contributed by atoms with Crippen molar-refractivity contribution in [3.63, 3.8) is 0 Å². The fraction of sp³-hybridized carbons (Fsp3) is 0.385. The summed E-state index contributed by atoms with van der Waals surface area (Å²) >= 11 is 0. The fourth-order valence-electron chi connectivity index (χ4n) is 4.34. The van der Waals surface area contributed by atoms with E-state index < -0.39 is 0 Å². The average Bonchev–Trinajstić information content (AvgIpc) is 3.33. The molecule has 3 aromatic rings. The largest absolute Gasteiger partial charge is 0.497 e. The summed E-state index contributed by atoms with van der Waals surface area (Å²) in [4.78, 5) is 15.3. The second kappa shape index (κ2) is 10.5. The highest BCUT2D eigenvalue weighted by Crippen LogP contribution is 2.33. The van der Waals surface area contributed by atoms with Crippen LogP contribution in [0.2, 0.25) is 0 Å². The summed E-state index contributed by atoms with van der Waals surface area (Å²) < 4.78 is 16.1. The number of hydrogen-bond acceptors (Lipinski definition) is 6. The van der Waals surface area contributed by atoms with Crippen molar-refractivity contribution in [2.75, 3.05) is 27.3 Å². The van der Waals surface area contributed by atoms with E-state index in [1.165, 1.54) is 18.4 Å². The highest BCUT2D eigenvalue weighted by atomic mass is 16.5. The Balaban J connectivity index is 1.43. The number of hydrogen-bond donors (Lipinski definition) is 1. The number of piperidine rings is 1. The molecule has 0 saturated carbocycles. The molecule has 0 spiro atoms. The molecule has 1 fully saturated rings. The van der Waals surface area contributed by atoms with E-state index in [-0.39, 0.29) is 11.6 Å². The number of aromatic nitrogens is 1. The molecular formula is C26H31N3O4. The summed E-state index contributed by atoms with van der Waals surface area (Å²) in [7, 11) is 3.17. The number of carbonyl (C=O) groups excluding carboxylic acids is 1. The molecule has 7 nitrogen and oxygen atoms in total. The lowest BCUT2D eigenvalue weighted by Gasteiger charge is -2.31. The highest BCUT2D eigenvalue weighted by molar-refractivity contribution is 5.93. The number of carbonyl (C=O) groups is 1. The van der Waals surface area contributed by atoms with Crippen molar-refractivity contribution in [2.24, 2.45) is 5.92 Å². The van der Waals surface area contributed by atoms with Crippen molar-refractivity contribution in [3.05, 3.63) is 65.4 Å². The molecule has 0 radical (unpaired) electrons. The van der Waals surface area contributed by atoms with Crippen molar-refractivity contribution in [1.29, 1.82) is 0 Å². The third-order valence-corrected chi connectivity index (χ3v) is 6.11. The van der Waals surface area contributed by atoms with Crippen molar-refractivity contribution in [3.8, 4) is 22.8 Å². The van der Waals surface area contributed by atoms with Crippen LogP contribution >= 0.6 is 0 Å². The van der Waals surface area contributed by atoms with Crippen LogP contribution in [-0.4, -0.2) is 43.3 Å². The smallest absolute Gasteiger partial charge is 0.273 e. The van der Waals surface area contributed by atoms with Crippen LogP contribution in [-0.2, 0) is 13.1 Å². The molecule has 2 aromatic carbocycles. The number of ether oxygens (including phenoxy) is 2. The number of nitrogens with zero attached hydrogens (tertiary/aromatic N) is 2. The molecule has 0 bridgehead atoms. The van der Waals surface area contributed by atoms with E-state index in [2.05, 4.69) is 40.5 Å². The van der Waals surface area contributed by atoms with Gasteiger partial charge in [-0.3, -0.25) is 9.69 Å². The van der Waals surface area contributed by atoms with Gasteiger partial charge in [0.25, 0.3) is 5.91 Å². The molecule has 1 aliphatic rings. The van der Waals surface area contributed by atoms with Crippen LogP contribution in [0, 0.1) is 5.92 Å². The molecule has 33 heavy (non-hydrogen) atoms. The SMILES string of the molecule is COc1ccc(OC)c(-c2cc(C(=O)NCc3ccccc3CN3CCCC(C)C3)no2)c1. The van der Waals surface area contributed by atoms with Crippen LogP contribution in [0.25, 0.3) is 11.3 Å². The van der Waals surface area contributed by atoms with Gasteiger partial charge in [-0.25, -0.2) is 0 Å². The Bertz CT molecular complexity index is 1090. The maximum atomic E-state index is 12.8. The zero-order valence-electron chi connectivity index (χ0n) is 19.5. The number of methoxy groups -OCH3 is 2. The van der Waals surface area contributed by atoms with Gasteiger partial charge in [-0.2, -0.15) is 0 Å². The first-order valence-electron chi connectivity index (χ1n) is 11.3. The minimum absolute atomic E-state index is 0.220. The monoisotopic (exact) mass is 449 g/mol. The van der Waals surface area contributed by atoms with Gasteiger partial charge in [0.05, 0.1) is 19.8 Å². The molecule has 1 atom stereocenters. The van der Waals surface area contributed by atoms with Crippen LogP contribution in [0.5, 0.6) is 11.5 Å². The van der Waals surface area contributed by atoms with E-state index in [9.17, 15) is 4.79 Å². The molecule has 7 heteroatoms. The Morgan fingerprint density at radius 2 is 1.97 bits per heavy atom.